The Kier molecular flexibility index (Phi) is 2.63. The van der Waals surface area contributed by atoms with E-state index in [9.17, 15) is 4.39 Å². The molecular formula is C8H13FN2. The van der Waals surface area contributed by atoms with Crippen LogP contribution in [0, 0.1) is 0 Å². The zero-order valence-corrected chi connectivity index (χ0v) is 6.68. The molecule has 0 radical (unpaired) electrons. The summed E-state index contributed by atoms with van der Waals surface area (Å²) in [6, 6.07) is 0. The Morgan fingerprint density at radius 3 is 3.09 bits per heavy atom. The third-order valence-electron chi connectivity index (χ3n) is 1.74. The maximum atomic E-state index is 12.9. The number of alkyl halides is 1. The molecule has 3 heteroatoms. The average molecular weight is 156 g/mol. The summed E-state index contributed by atoms with van der Waals surface area (Å²) in [5, 5.41) is 0. The van der Waals surface area contributed by atoms with Gasteiger partial charge in [0.05, 0.1) is 5.71 Å². The van der Waals surface area contributed by atoms with E-state index in [-0.39, 0.29) is 0 Å². The zero-order valence-electron chi connectivity index (χ0n) is 6.68. The Morgan fingerprint density at radius 2 is 2.64 bits per heavy atom. The summed E-state index contributed by atoms with van der Waals surface area (Å²) in [6.07, 6.45) is 2.03. The minimum absolute atomic E-state index is 0.517. The lowest BCUT2D eigenvalue weighted by Crippen LogP contribution is -2.09. The predicted molar refractivity (Wildman–Crippen MR) is 44.4 cm³/mol. The summed E-state index contributed by atoms with van der Waals surface area (Å²) < 4.78 is 12.9. The molecule has 2 N–H and O–H groups in total. The Bertz CT molecular complexity index is 196. The van der Waals surface area contributed by atoms with Gasteiger partial charge in [-0.2, -0.15) is 0 Å². The number of nitrogens with zero attached hydrogens (tertiary/aromatic N) is 1. The number of allylic oxidation sites excluding steroid dienone is 2. The van der Waals surface area contributed by atoms with E-state index in [1.54, 1.807) is 6.08 Å². The molecule has 1 atom stereocenters. The van der Waals surface area contributed by atoms with Gasteiger partial charge in [-0.25, -0.2) is 4.39 Å². The fourth-order valence-electron chi connectivity index (χ4n) is 0.982. The van der Waals surface area contributed by atoms with Crippen molar-refractivity contribution in [1.29, 1.82) is 0 Å². The standard InChI is InChI=1S/C8H13FN2/c1-2-6(10)5-8-7(9)3-4-11-8/h5,7H,2-4,10H2,1H3/b6-5-. The first-order valence-electron chi connectivity index (χ1n) is 3.88. The second-order valence-corrected chi connectivity index (χ2v) is 2.64. The van der Waals surface area contributed by atoms with E-state index < -0.39 is 6.17 Å². The van der Waals surface area contributed by atoms with Crippen LogP contribution in [0.2, 0.25) is 0 Å². The van der Waals surface area contributed by atoms with Crippen molar-refractivity contribution in [3.05, 3.63) is 11.8 Å². The molecule has 1 aliphatic heterocycles. The van der Waals surface area contributed by atoms with E-state index in [1.165, 1.54) is 0 Å². The number of nitrogens with two attached hydrogens (primary N) is 1. The van der Waals surface area contributed by atoms with Gasteiger partial charge in [0.15, 0.2) is 0 Å². The van der Waals surface area contributed by atoms with E-state index in [0.717, 1.165) is 6.42 Å². The minimum Gasteiger partial charge on any atom is -0.402 e. The lowest BCUT2D eigenvalue weighted by Gasteiger charge is -1.99. The lowest BCUT2D eigenvalue weighted by atomic mass is 10.2. The molecule has 1 heterocycles. The second-order valence-electron chi connectivity index (χ2n) is 2.64. The van der Waals surface area contributed by atoms with E-state index in [4.69, 9.17) is 5.73 Å². The molecule has 1 rings (SSSR count). The smallest absolute Gasteiger partial charge is 0.143 e. The largest absolute Gasteiger partial charge is 0.402 e. The van der Waals surface area contributed by atoms with Gasteiger partial charge in [0.25, 0.3) is 0 Å². The average Bonchev–Trinajstić information content (AvgIpc) is 2.37. The molecule has 1 unspecified atom stereocenters. The van der Waals surface area contributed by atoms with Crippen molar-refractivity contribution in [2.75, 3.05) is 6.54 Å². The molecule has 62 valence electrons. The van der Waals surface area contributed by atoms with E-state index in [1.807, 2.05) is 6.92 Å². The summed E-state index contributed by atoms with van der Waals surface area (Å²) in [7, 11) is 0. The molecule has 0 aromatic carbocycles. The van der Waals surface area contributed by atoms with Gasteiger partial charge in [-0.1, -0.05) is 6.92 Å². The van der Waals surface area contributed by atoms with Crippen molar-refractivity contribution in [2.45, 2.75) is 25.9 Å². The van der Waals surface area contributed by atoms with Gasteiger partial charge in [0, 0.05) is 18.7 Å². The van der Waals surface area contributed by atoms with Crippen LogP contribution < -0.4 is 5.73 Å². The molecule has 1 aliphatic rings. The topological polar surface area (TPSA) is 38.4 Å². The Labute approximate surface area is 66.0 Å². The van der Waals surface area contributed by atoms with E-state index >= 15 is 0 Å². The third kappa shape index (κ3) is 2.03. The van der Waals surface area contributed by atoms with Crippen LogP contribution in [-0.4, -0.2) is 18.4 Å². The molecule has 2 nitrogen and oxygen atoms in total. The molecule has 0 fully saturated rings. The summed E-state index contributed by atoms with van der Waals surface area (Å²) in [4.78, 5) is 3.99. The molecule has 0 aliphatic carbocycles. The van der Waals surface area contributed by atoms with Crippen molar-refractivity contribution in [3.63, 3.8) is 0 Å². The molecule has 0 aromatic rings. The predicted octanol–water partition coefficient (Wildman–Crippen LogP) is 1.42. The van der Waals surface area contributed by atoms with Gasteiger partial charge in [-0.3, -0.25) is 4.99 Å². The first kappa shape index (κ1) is 8.24. The van der Waals surface area contributed by atoms with Crippen LogP contribution in [0.5, 0.6) is 0 Å². The molecule has 0 saturated heterocycles. The molecular weight excluding hydrogens is 143 g/mol. The maximum absolute atomic E-state index is 12.9. The second kappa shape index (κ2) is 3.51. The summed E-state index contributed by atoms with van der Waals surface area (Å²) in [5.74, 6) is 0. The number of aliphatic imine (C=N–C) groups is 1. The van der Waals surface area contributed by atoms with Gasteiger partial charge in [0.1, 0.15) is 6.17 Å². The normalized spacial score (nSPS) is 25.5. The fourth-order valence-corrected chi connectivity index (χ4v) is 0.982. The first-order chi connectivity index (χ1) is 5.24. The van der Waals surface area contributed by atoms with Crippen LogP contribution in [0.3, 0.4) is 0 Å². The van der Waals surface area contributed by atoms with Crippen molar-refractivity contribution in [3.8, 4) is 0 Å². The van der Waals surface area contributed by atoms with Crippen molar-refractivity contribution in [1.82, 2.24) is 0 Å². The summed E-state index contributed by atoms with van der Waals surface area (Å²) in [5.41, 5.74) is 6.75. The van der Waals surface area contributed by atoms with Crippen LogP contribution in [0.25, 0.3) is 0 Å². The van der Waals surface area contributed by atoms with Crippen LogP contribution >= 0.6 is 0 Å². The van der Waals surface area contributed by atoms with Crippen LogP contribution in [0.15, 0.2) is 16.8 Å². The Hall–Kier alpha value is -0.860. The van der Waals surface area contributed by atoms with Crippen molar-refractivity contribution in [2.24, 2.45) is 10.7 Å². The van der Waals surface area contributed by atoms with Crippen LogP contribution in [0.1, 0.15) is 19.8 Å². The van der Waals surface area contributed by atoms with E-state index in [0.29, 0.717) is 24.4 Å². The van der Waals surface area contributed by atoms with Gasteiger partial charge in [0.2, 0.25) is 0 Å². The quantitative estimate of drug-likeness (QED) is 0.645. The molecule has 0 saturated carbocycles. The summed E-state index contributed by atoms with van der Waals surface area (Å²) >= 11 is 0. The van der Waals surface area contributed by atoms with Crippen molar-refractivity contribution < 1.29 is 4.39 Å². The highest BCUT2D eigenvalue weighted by atomic mass is 19.1. The Balaban J connectivity index is 2.61. The Morgan fingerprint density at radius 1 is 1.91 bits per heavy atom. The zero-order chi connectivity index (χ0) is 8.27. The number of rotatable bonds is 2. The fraction of sp³-hybridized carbons (Fsp3) is 0.625. The highest BCUT2D eigenvalue weighted by Gasteiger charge is 2.17. The van der Waals surface area contributed by atoms with Gasteiger partial charge in [-0.15, -0.1) is 0 Å². The molecule has 11 heavy (non-hydrogen) atoms. The van der Waals surface area contributed by atoms with Gasteiger partial charge in [-0.05, 0) is 12.5 Å². The molecule has 0 aromatic heterocycles. The molecule has 0 amide bonds. The third-order valence-corrected chi connectivity index (χ3v) is 1.74. The van der Waals surface area contributed by atoms with Crippen LogP contribution in [-0.2, 0) is 0 Å². The summed E-state index contributed by atoms with van der Waals surface area (Å²) in [6.45, 7) is 2.54. The SMILES string of the molecule is CC/C(N)=C/C1=NCCC1F. The van der Waals surface area contributed by atoms with Crippen LogP contribution in [0.4, 0.5) is 4.39 Å². The van der Waals surface area contributed by atoms with Gasteiger partial charge < -0.3 is 5.73 Å². The monoisotopic (exact) mass is 156 g/mol. The van der Waals surface area contributed by atoms with E-state index in [2.05, 4.69) is 4.99 Å². The molecule has 0 bridgehead atoms. The molecule has 0 spiro atoms. The highest BCUT2D eigenvalue weighted by molar-refractivity contribution is 6.00. The number of hydrogen-bond acceptors (Lipinski definition) is 2. The maximum Gasteiger partial charge on any atom is 0.143 e. The lowest BCUT2D eigenvalue weighted by molar-refractivity contribution is 0.424. The number of halogens is 1. The minimum atomic E-state index is -0.889. The highest BCUT2D eigenvalue weighted by Crippen LogP contribution is 2.11. The number of hydrogen-bond donors (Lipinski definition) is 1. The van der Waals surface area contributed by atoms with Crippen molar-refractivity contribution >= 4 is 5.71 Å². The van der Waals surface area contributed by atoms with Gasteiger partial charge >= 0.3 is 0 Å². The first-order valence-corrected chi connectivity index (χ1v) is 3.88.